The van der Waals surface area contributed by atoms with Gasteiger partial charge >= 0.3 is 5.97 Å². The summed E-state index contributed by atoms with van der Waals surface area (Å²) >= 11 is 0. The number of anilines is 1. The number of aliphatic carboxylic acids is 1. The number of rotatable bonds is 6. The highest BCUT2D eigenvalue weighted by molar-refractivity contribution is 5.67. The van der Waals surface area contributed by atoms with Crippen LogP contribution < -0.4 is 4.90 Å². The van der Waals surface area contributed by atoms with Crippen molar-refractivity contribution in [1.29, 1.82) is 0 Å². The third-order valence-electron chi connectivity index (χ3n) is 3.11. The average molecular weight is 288 g/mol. The number of carboxylic acid groups (broad SMARTS) is 1. The van der Waals surface area contributed by atoms with Crippen LogP contribution in [0.4, 0.5) is 10.2 Å². The highest BCUT2D eigenvalue weighted by atomic mass is 19.1. The van der Waals surface area contributed by atoms with Crippen LogP contribution in [0.15, 0.2) is 42.6 Å². The maximum atomic E-state index is 13.0. The molecule has 0 aliphatic rings. The van der Waals surface area contributed by atoms with Crippen molar-refractivity contribution in [3.05, 3.63) is 59.5 Å². The van der Waals surface area contributed by atoms with Gasteiger partial charge in [-0.15, -0.1) is 0 Å². The molecule has 1 aromatic carbocycles. The predicted molar refractivity (Wildman–Crippen MR) is 78.7 cm³/mol. The lowest BCUT2D eigenvalue weighted by Crippen LogP contribution is -2.26. The Balaban J connectivity index is 2.19. The van der Waals surface area contributed by atoms with Crippen molar-refractivity contribution in [2.45, 2.75) is 19.9 Å². The molecule has 2 aromatic rings. The van der Waals surface area contributed by atoms with Crippen LogP contribution in [0.25, 0.3) is 0 Å². The number of nitrogens with zero attached hydrogens (tertiary/aromatic N) is 2. The van der Waals surface area contributed by atoms with Crippen molar-refractivity contribution in [1.82, 2.24) is 4.98 Å². The van der Waals surface area contributed by atoms with E-state index in [1.165, 1.54) is 12.1 Å². The second-order valence-corrected chi connectivity index (χ2v) is 4.88. The molecule has 0 atom stereocenters. The smallest absolute Gasteiger partial charge is 0.305 e. The second kappa shape index (κ2) is 6.83. The van der Waals surface area contributed by atoms with E-state index in [9.17, 15) is 9.18 Å². The summed E-state index contributed by atoms with van der Waals surface area (Å²) in [5.41, 5.74) is 1.96. The Morgan fingerprint density at radius 3 is 2.62 bits per heavy atom. The van der Waals surface area contributed by atoms with Gasteiger partial charge in [-0.05, 0) is 42.3 Å². The lowest BCUT2D eigenvalue weighted by molar-refractivity contribution is -0.136. The van der Waals surface area contributed by atoms with Gasteiger partial charge in [-0.1, -0.05) is 12.1 Å². The van der Waals surface area contributed by atoms with Gasteiger partial charge in [0.1, 0.15) is 11.6 Å². The monoisotopic (exact) mass is 288 g/mol. The van der Waals surface area contributed by atoms with E-state index in [2.05, 4.69) is 4.98 Å². The third-order valence-corrected chi connectivity index (χ3v) is 3.11. The number of benzene rings is 1. The largest absolute Gasteiger partial charge is 0.481 e. The first kappa shape index (κ1) is 15.0. The first-order valence-electron chi connectivity index (χ1n) is 6.68. The van der Waals surface area contributed by atoms with Gasteiger partial charge in [-0.2, -0.15) is 0 Å². The molecular formula is C16H17FN2O2. The molecule has 1 heterocycles. The first-order valence-corrected chi connectivity index (χ1v) is 6.68. The number of aryl methyl sites for hydroxylation is 1. The Morgan fingerprint density at radius 2 is 2.00 bits per heavy atom. The van der Waals surface area contributed by atoms with E-state index in [0.29, 0.717) is 13.1 Å². The fourth-order valence-electron chi connectivity index (χ4n) is 2.01. The Labute approximate surface area is 122 Å². The molecule has 2 rings (SSSR count). The molecule has 1 aromatic heterocycles. The summed E-state index contributed by atoms with van der Waals surface area (Å²) in [7, 11) is 0. The zero-order valence-electron chi connectivity index (χ0n) is 11.8. The minimum Gasteiger partial charge on any atom is -0.481 e. The van der Waals surface area contributed by atoms with Crippen molar-refractivity contribution in [3.8, 4) is 0 Å². The molecule has 4 nitrogen and oxygen atoms in total. The summed E-state index contributed by atoms with van der Waals surface area (Å²) in [4.78, 5) is 17.0. The first-order chi connectivity index (χ1) is 10.0. The van der Waals surface area contributed by atoms with Crippen LogP contribution in [0.2, 0.25) is 0 Å². The van der Waals surface area contributed by atoms with Crippen LogP contribution in [0.1, 0.15) is 17.5 Å². The molecule has 0 aliphatic carbocycles. The van der Waals surface area contributed by atoms with Gasteiger partial charge in [-0.3, -0.25) is 4.79 Å². The summed E-state index contributed by atoms with van der Waals surface area (Å²) in [5, 5.41) is 8.87. The van der Waals surface area contributed by atoms with E-state index in [4.69, 9.17) is 5.11 Å². The van der Waals surface area contributed by atoms with Gasteiger partial charge in [-0.25, -0.2) is 9.37 Å². The van der Waals surface area contributed by atoms with Crippen molar-refractivity contribution < 1.29 is 14.3 Å². The molecule has 0 spiro atoms. The van der Waals surface area contributed by atoms with Crippen molar-refractivity contribution in [2.24, 2.45) is 0 Å². The minimum absolute atomic E-state index is 0.0246. The summed E-state index contributed by atoms with van der Waals surface area (Å²) in [6.07, 6.45) is 1.72. The fourth-order valence-corrected chi connectivity index (χ4v) is 2.01. The second-order valence-electron chi connectivity index (χ2n) is 4.88. The summed E-state index contributed by atoms with van der Waals surface area (Å²) in [5.74, 6) is -0.420. The molecule has 0 unspecified atom stereocenters. The number of hydrogen-bond donors (Lipinski definition) is 1. The van der Waals surface area contributed by atoms with Crippen LogP contribution >= 0.6 is 0 Å². The van der Waals surface area contributed by atoms with Gasteiger partial charge in [0.2, 0.25) is 0 Å². The predicted octanol–water partition coefficient (Wildman–Crippen LogP) is 3.01. The normalized spacial score (nSPS) is 10.4. The quantitative estimate of drug-likeness (QED) is 0.887. The molecule has 0 radical (unpaired) electrons. The number of aromatic nitrogens is 1. The molecule has 0 fully saturated rings. The molecule has 1 N–H and O–H groups in total. The van der Waals surface area contributed by atoms with E-state index in [1.54, 1.807) is 18.3 Å². The lowest BCUT2D eigenvalue weighted by atomic mass is 10.2. The Morgan fingerprint density at radius 1 is 1.29 bits per heavy atom. The average Bonchev–Trinajstić information content (AvgIpc) is 2.45. The Bertz CT molecular complexity index is 614. The minimum atomic E-state index is -0.855. The zero-order valence-corrected chi connectivity index (χ0v) is 11.8. The van der Waals surface area contributed by atoms with Gasteiger partial charge < -0.3 is 10.0 Å². The van der Waals surface area contributed by atoms with E-state index in [-0.39, 0.29) is 12.2 Å². The highest BCUT2D eigenvalue weighted by Crippen LogP contribution is 2.16. The van der Waals surface area contributed by atoms with Gasteiger partial charge in [0, 0.05) is 19.3 Å². The van der Waals surface area contributed by atoms with E-state index in [1.807, 2.05) is 24.0 Å². The van der Waals surface area contributed by atoms with Crippen LogP contribution in [-0.2, 0) is 11.3 Å². The van der Waals surface area contributed by atoms with Gasteiger partial charge in [0.25, 0.3) is 0 Å². The van der Waals surface area contributed by atoms with Crippen LogP contribution in [-0.4, -0.2) is 22.6 Å². The standard InChI is InChI=1S/C16H17FN2O2/c1-12-6-8-18-15(10-12)19(9-7-16(20)21)11-13-2-4-14(17)5-3-13/h2-6,8,10H,7,9,11H2,1H3,(H,20,21). The molecule has 0 saturated carbocycles. The van der Waals surface area contributed by atoms with E-state index >= 15 is 0 Å². The molecule has 110 valence electrons. The summed E-state index contributed by atoms with van der Waals surface area (Å²) in [6.45, 7) is 2.80. The van der Waals surface area contributed by atoms with Crippen LogP contribution in [0, 0.1) is 12.7 Å². The molecular weight excluding hydrogens is 271 g/mol. The van der Waals surface area contributed by atoms with E-state index < -0.39 is 5.97 Å². The molecule has 21 heavy (non-hydrogen) atoms. The maximum Gasteiger partial charge on any atom is 0.305 e. The number of hydrogen-bond acceptors (Lipinski definition) is 3. The topological polar surface area (TPSA) is 53.4 Å². The van der Waals surface area contributed by atoms with Crippen LogP contribution in [0.3, 0.4) is 0 Å². The third kappa shape index (κ3) is 4.56. The van der Waals surface area contributed by atoms with Crippen molar-refractivity contribution in [2.75, 3.05) is 11.4 Å². The Kier molecular flexibility index (Phi) is 4.87. The number of carboxylic acids is 1. The molecule has 0 saturated heterocycles. The van der Waals surface area contributed by atoms with Crippen molar-refractivity contribution >= 4 is 11.8 Å². The Hall–Kier alpha value is -2.43. The van der Waals surface area contributed by atoms with E-state index in [0.717, 1.165) is 16.9 Å². The summed E-state index contributed by atoms with van der Waals surface area (Å²) < 4.78 is 13.0. The SMILES string of the molecule is Cc1ccnc(N(CCC(=O)O)Cc2ccc(F)cc2)c1. The summed E-state index contributed by atoms with van der Waals surface area (Å²) in [6, 6.07) is 9.97. The number of pyridine rings is 1. The van der Waals surface area contributed by atoms with Gasteiger partial charge in [0.05, 0.1) is 6.42 Å². The molecule has 0 amide bonds. The lowest BCUT2D eigenvalue weighted by Gasteiger charge is -2.23. The molecule has 0 bridgehead atoms. The van der Waals surface area contributed by atoms with Gasteiger partial charge in [0.15, 0.2) is 0 Å². The maximum absolute atomic E-state index is 13.0. The van der Waals surface area contributed by atoms with Crippen molar-refractivity contribution in [3.63, 3.8) is 0 Å². The molecule has 5 heteroatoms. The zero-order chi connectivity index (χ0) is 15.2. The number of carbonyl (C=O) groups is 1. The highest BCUT2D eigenvalue weighted by Gasteiger charge is 2.11. The van der Waals surface area contributed by atoms with Crippen LogP contribution in [0.5, 0.6) is 0 Å². The molecule has 0 aliphatic heterocycles. The fraction of sp³-hybridized carbons (Fsp3) is 0.250. The number of halogens is 1.